The number of hydrogen-bond acceptors (Lipinski definition) is 12. The summed E-state index contributed by atoms with van der Waals surface area (Å²) in [5.41, 5.74) is -7.78. The Hall–Kier alpha value is -7.18. The number of carbonyl (C=O) groups is 7. The molecule has 404 valence electrons. The molecule has 0 spiro atoms. The number of hydrogen-bond donors (Lipinski definition) is 8. The van der Waals surface area contributed by atoms with Crippen LogP contribution in [0.15, 0.2) is 29.2 Å². The molecule has 74 heavy (non-hydrogen) atoms. The molecule has 0 unspecified atom stereocenters. The fourth-order valence-corrected chi connectivity index (χ4v) is 8.83. The highest BCUT2D eigenvalue weighted by Gasteiger charge is 2.35. The molecule has 1 aliphatic heterocycles. The number of rotatable bonds is 16. The Morgan fingerprint density at radius 3 is 1.38 bits per heavy atom. The third-order valence-corrected chi connectivity index (χ3v) is 13.1. The molecule has 5 rings (SSSR count). The van der Waals surface area contributed by atoms with E-state index in [0.717, 1.165) is 41.6 Å². The van der Waals surface area contributed by atoms with Crippen LogP contribution in [0.5, 0.6) is 0 Å². The van der Waals surface area contributed by atoms with Gasteiger partial charge in [0, 0.05) is 64.9 Å². The normalized spacial score (nSPS) is 15.8. The summed E-state index contributed by atoms with van der Waals surface area (Å²) >= 11 is 0. The molecular formula is C44H49F8N9O12S. The molecule has 0 radical (unpaired) electrons. The van der Waals surface area contributed by atoms with Crippen molar-refractivity contribution in [1.82, 2.24) is 35.0 Å². The van der Waals surface area contributed by atoms with Crippen molar-refractivity contribution in [2.24, 2.45) is 0 Å². The van der Waals surface area contributed by atoms with Gasteiger partial charge in [0.1, 0.15) is 22.5 Å². The van der Waals surface area contributed by atoms with Gasteiger partial charge in [-0.1, -0.05) is 31.4 Å². The van der Waals surface area contributed by atoms with Gasteiger partial charge in [-0.15, -0.1) is 0 Å². The van der Waals surface area contributed by atoms with Crippen LogP contribution < -0.4 is 26.0 Å². The highest BCUT2D eigenvalue weighted by Crippen LogP contribution is 2.33. The number of anilines is 2. The van der Waals surface area contributed by atoms with E-state index in [-0.39, 0.29) is 56.6 Å². The number of carbonyl (C=O) groups excluding carboxylic acids is 4. The minimum absolute atomic E-state index is 0.0433. The van der Waals surface area contributed by atoms with E-state index in [1.807, 2.05) is 10.0 Å². The molecule has 1 saturated heterocycles. The van der Waals surface area contributed by atoms with E-state index in [1.54, 1.807) is 5.32 Å². The van der Waals surface area contributed by atoms with Gasteiger partial charge in [-0.25, -0.2) is 57.9 Å². The average molecular weight is 1080 g/mol. The van der Waals surface area contributed by atoms with Crippen LogP contribution in [0.2, 0.25) is 0 Å². The van der Waals surface area contributed by atoms with E-state index in [9.17, 15) is 57.3 Å². The maximum absolute atomic E-state index is 15.5. The van der Waals surface area contributed by atoms with Gasteiger partial charge in [0.15, 0.2) is 46.5 Å². The summed E-state index contributed by atoms with van der Waals surface area (Å²) in [5.74, 6) is -28.2. The van der Waals surface area contributed by atoms with Gasteiger partial charge in [0.2, 0.25) is 0 Å². The molecule has 0 bridgehead atoms. The number of urea groups is 2. The first-order valence-electron chi connectivity index (χ1n) is 22.5. The van der Waals surface area contributed by atoms with Gasteiger partial charge in [-0.2, -0.15) is 0 Å². The summed E-state index contributed by atoms with van der Waals surface area (Å²) in [5, 5.41) is 35.4. The minimum Gasteiger partial charge on any atom is -0.480 e. The number of carboxylic acid groups (broad SMARTS) is 3. The quantitative estimate of drug-likeness (QED) is 0.0754. The minimum atomic E-state index is -4.31. The maximum atomic E-state index is 15.5. The lowest BCUT2D eigenvalue weighted by molar-refractivity contribution is -0.140. The van der Waals surface area contributed by atoms with E-state index in [1.165, 1.54) is 26.8 Å². The zero-order chi connectivity index (χ0) is 54.6. The van der Waals surface area contributed by atoms with Gasteiger partial charge < -0.3 is 41.5 Å². The molecule has 0 atom stereocenters. The van der Waals surface area contributed by atoms with Crippen LogP contribution in [0.1, 0.15) is 58.4 Å². The molecule has 30 heteroatoms. The highest BCUT2D eigenvalue weighted by atomic mass is 32.2. The van der Waals surface area contributed by atoms with Gasteiger partial charge in [0.25, 0.3) is 21.8 Å². The second-order valence-electron chi connectivity index (χ2n) is 17.0. The third-order valence-electron chi connectivity index (χ3n) is 11.8. The van der Waals surface area contributed by atoms with E-state index in [2.05, 4.69) is 5.32 Å². The Labute approximate surface area is 415 Å². The summed E-state index contributed by atoms with van der Waals surface area (Å²) in [7, 11) is -4.31. The van der Waals surface area contributed by atoms with Crippen LogP contribution in [-0.4, -0.2) is 170 Å². The first-order valence-corrected chi connectivity index (χ1v) is 24.0. The third kappa shape index (κ3) is 15.2. The summed E-state index contributed by atoms with van der Waals surface area (Å²) in [6, 6.07) is 2.17. The number of halogens is 8. The van der Waals surface area contributed by atoms with Crippen molar-refractivity contribution >= 4 is 63.2 Å². The van der Waals surface area contributed by atoms with Gasteiger partial charge in [0.05, 0.1) is 24.5 Å². The molecule has 1 saturated carbocycles. The van der Waals surface area contributed by atoms with Gasteiger partial charge in [-0.05, 0) is 37.0 Å². The molecule has 0 aromatic heterocycles. The van der Waals surface area contributed by atoms with Gasteiger partial charge >= 0.3 is 30.0 Å². The van der Waals surface area contributed by atoms with Crippen molar-refractivity contribution in [2.75, 3.05) is 89.2 Å². The zero-order valence-corrected chi connectivity index (χ0v) is 39.7. The van der Waals surface area contributed by atoms with E-state index < -0.39 is 160 Å². The van der Waals surface area contributed by atoms with E-state index >= 15 is 35.1 Å². The lowest BCUT2D eigenvalue weighted by Gasteiger charge is -2.33. The molecule has 21 nitrogen and oxygen atoms in total. The topological polar surface area (TPSA) is 287 Å². The van der Waals surface area contributed by atoms with Crippen LogP contribution in [0.4, 0.5) is 56.1 Å². The van der Waals surface area contributed by atoms with Crippen molar-refractivity contribution in [3.8, 4) is 0 Å². The standard InChI is InChI=1S/C44H49F8N9O12S/c45-31-29(41(68)53-11-10-23-6-8-25(9-7-23)74(72,73)57-43(70)54-24-4-2-1-3-5-24)32(46)34(48)30(33(31)47)42(69)55-39-35(49)37(51)40(38(52)36(39)50)56-44(71)61-18-16-59(21-27(64)65)14-12-58(20-26(62)63)13-15-60(17-19-61)22-28(66)67/h6-9,24H,1-5,10-22H2,(H,53,68)(H,55,69)(H,56,71)(H,62,63)(H,64,65)(H,66,67)(H2,54,57,70). The fourth-order valence-electron chi connectivity index (χ4n) is 7.92. The second kappa shape index (κ2) is 25.7. The lowest BCUT2D eigenvalue weighted by Crippen LogP contribution is -2.50. The predicted molar refractivity (Wildman–Crippen MR) is 242 cm³/mol. The monoisotopic (exact) mass is 1080 g/mol. The number of benzene rings is 3. The SMILES string of the molecule is O=C(O)CN1CCN(CC(=O)O)CCN(C(=O)Nc2c(F)c(F)c(NC(=O)c3c(F)c(F)c(C(=O)NCCc4ccc(S(=O)(=O)NC(=O)NC5CCCCC5)cc4)c(F)c3F)c(F)c2F)CCN(CC(=O)O)CC1. The molecule has 2 aliphatic rings. The average Bonchev–Trinajstić information content (AvgIpc) is 3.32. The van der Waals surface area contributed by atoms with Crippen LogP contribution in [-0.2, 0) is 30.8 Å². The predicted octanol–water partition coefficient (Wildman–Crippen LogP) is 3.35. The summed E-state index contributed by atoms with van der Waals surface area (Å²) in [6.45, 7) is -4.10. The lowest BCUT2D eigenvalue weighted by atomic mass is 9.96. The van der Waals surface area contributed by atoms with Crippen molar-refractivity contribution in [1.29, 1.82) is 0 Å². The molecule has 3 aromatic rings. The van der Waals surface area contributed by atoms with E-state index in [4.69, 9.17) is 0 Å². The first kappa shape index (κ1) is 57.7. The Kier molecular flexibility index (Phi) is 20.0. The van der Waals surface area contributed by atoms with Crippen molar-refractivity contribution in [2.45, 2.75) is 49.5 Å². The fraction of sp³-hybridized carbons (Fsp3) is 0.432. The Bertz CT molecular complexity index is 2670. The molecule has 1 aliphatic carbocycles. The molecule has 6 amide bonds. The van der Waals surface area contributed by atoms with Crippen LogP contribution in [0.3, 0.4) is 0 Å². The number of carboxylic acids is 3. The number of aliphatic carboxylic acids is 3. The summed E-state index contributed by atoms with van der Waals surface area (Å²) in [4.78, 5) is 90.4. The number of sulfonamides is 1. The number of nitrogens with one attached hydrogen (secondary N) is 5. The molecule has 1 heterocycles. The molecular weight excluding hydrogens is 1030 g/mol. The van der Waals surface area contributed by atoms with E-state index in [0.29, 0.717) is 18.4 Å². The number of nitrogens with zero attached hydrogens (tertiary/aromatic N) is 4. The molecule has 8 N–H and O–H groups in total. The molecule has 3 aromatic carbocycles. The smallest absolute Gasteiger partial charge is 0.328 e. The zero-order valence-electron chi connectivity index (χ0n) is 38.9. The van der Waals surface area contributed by atoms with Crippen LogP contribution in [0, 0.1) is 46.5 Å². The Morgan fingerprint density at radius 2 is 0.946 bits per heavy atom. The van der Waals surface area contributed by atoms with Crippen LogP contribution in [0.25, 0.3) is 0 Å². The maximum Gasteiger partial charge on any atom is 0.328 e. The number of amides is 6. The Morgan fingerprint density at radius 1 is 0.541 bits per heavy atom. The first-order chi connectivity index (χ1) is 34.9. The van der Waals surface area contributed by atoms with Crippen molar-refractivity contribution < 1.29 is 92.4 Å². The highest BCUT2D eigenvalue weighted by molar-refractivity contribution is 7.90. The van der Waals surface area contributed by atoms with Gasteiger partial charge in [-0.3, -0.25) is 38.7 Å². The van der Waals surface area contributed by atoms with Crippen molar-refractivity contribution in [3.63, 3.8) is 0 Å². The largest absolute Gasteiger partial charge is 0.480 e. The summed E-state index contributed by atoms with van der Waals surface area (Å²) in [6.07, 6.45) is 3.98. The van der Waals surface area contributed by atoms with Crippen LogP contribution >= 0.6 is 0 Å². The Balaban J connectivity index is 1.27. The molecule has 2 fully saturated rings. The summed E-state index contributed by atoms with van der Waals surface area (Å²) < 4.78 is 150. The second-order valence-corrected chi connectivity index (χ2v) is 18.6. The van der Waals surface area contributed by atoms with Crippen molar-refractivity contribution in [3.05, 3.63) is 87.5 Å².